The summed E-state index contributed by atoms with van der Waals surface area (Å²) in [6.07, 6.45) is 0.571. The van der Waals surface area contributed by atoms with Crippen LogP contribution >= 0.6 is 0 Å². The molecular formula is C29H26FN3O4. The quantitative estimate of drug-likeness (QED) is 0.294. The largest absolute Gasteiger partial charge is 0.493 e. The average Bonchev–Trinajstić information content (AvgIpc) is 3.31. The van der Waals surface area contributed by atoms with E-state index in [4.69, 9.17) is 19.2 Å². The van der Waals surface area contributed by atoms with Gasteiger partial charge in [-0.3, -0.25) is 4.79 Å². The molecule has 0 aliphatic heterocycles. The van der Waals surface area contributed by atoms with Gasteiger partial charge in [-0.25, -0.2) is 9.37 Å². The van der Waals surface area contributed by atoms with Crippen molar-refractivity contribution in [3.63, 3.8) is 0 Å². The minimum Gasteiger partial charge on any atom is -0.493 e. The van der Waals surface area contributed by atoms with E-state index >= 15 is 0 Å². The van der Waals surface area contributed by atoms with Crippen molar-refractivity contribution in [1.82, 2.24) is 15.3 Å². The van der Waals surface area contributed by atoms with Crippen molar-refractivity contribution in [3.8, 4) is 28.5 Å². The molecule has 2 aromatic heterocycles. The molecule has 0 saturated carbocycles. The first-order chi connectivity index (χ1) is 18.0. The molecule has 5 aromatic rings. The van der Waals surface area contributed by atoms with Crippen LogP contribution in [0, 0.1) is 5.82 Å². The number of benzene rings is 3. The monoisotopic (exact) mass is 499 g/mol. The lowest BCUT2D eigenvalue weighted by Crippen LogP contribution is -2.26. The molecule has 0 unspecified atom stereocenters. The molecule has 188 valence electrons. The van der Waals surface area contributed by atoms with Gasteiger partial charge in [0.1, 0.15) is 11.5 Å². The van der Waals surface area contributed by atoms with Gasteiger partial charge >= 0.3 is 0 Å². The lowest BCUT2D eigenvalue weighted by atomic mass is 10.0. The van der Waals surface area contributed by atoms with Gasteiger partial charge < -0.3 is 24.5 Å². The summed E-state index contributed by atoms with van der Waals surface area (Å²) in [4.78, 5) is 21.4. The Morgan fingerprint density at radius 3 is 2.30 bits per heavy atom. The first-order valence-corrected chi connectivity index (χ1v) is 11.8. The van der Waals surface area contributed by atoms with E-state index in [-0.39, 0.29) is 17.4 Å². The van der Waals surface area contributed by atoms with Gasteiger partial charge in [0.15, 0.2) is 11.5 Å². The van der Waals surface area contributed by atoms with Crippen LogP contribution in [-0.2, 0) is 6.42 Å². The topological polar surface area (TPSA) is 85.5 Å². The average molecular weight is 500 g/mol. The van der Waals surface area contributed by atoms with Crippen LogP contribution in [0.25, 0.3) is 33.1 Å². The third-order valence-electron chi connectivity index (χ3n) is 6.28. The van der Waals surface area contributed by atoms with Gasteiger partial charge in [-0.15, -0.1) is 0 Å². The lowest BCUT2D eigenvalue weighted by Gasteiger charge is -2.15. The van der Waals surface area contributed by atoms with Crippen LogP contribution < -0.4 is 19.5 Å². The highest BCUT2D eigenvalue weighted by Gasteiger charge is 2.20. The third-order valence-corrected chi connectivity index (χ3v) is 6.28. The fourth-order valence-electron chi connectivity index (χ4n) is 4.45. The Morgan fingerprint density at radius 1 is 0.919 bits per heavy atom. The number of pyridine rings is 1. The molecule has 1 amide bonds. The summed E-state index contributed by atoms with van der Waals surface area (Å²) >= 11 is 0. The fourth-order valence-corrected chi connectivity index (χ4v) is 4.45. The normalized spacial score (nSPS) is 11.0. The summed E-state index contributed by atoms with van der Waals surface area (Å²) in [5.74, 6) is 0.844. The number of halogens is 1. The predicted octanol–water partition coefficient (Wildman–Crippen LogP) is 5.52. The Morgan fingerprint density at radius 2 is 1.62 bits per heavy atom. The van der Waals surface area contributed by atoms with E-state index in [0.717, 1.165) is 27.4 Å². The van der Waals surface area contributed by atoms with Gasteiger partial charge in [0.25, 0.3) is 5.91 Å². The smallest absolute Gasteiger partial charge is 0.269 e. The number of para-hydroxylation sites is 1. The minimum atomic E-state index is -0.303. The van der Waals surface area contributed by atoms with Crippen LogP contribution in [0.3, 0.4) is 0 Å². The van der Waals surface area contributed by atoms with Gasteiger partial charge in [-0.2, -0.15) is 0 Å². The standard InChI is InChI=1S/C29H26FN3O4/c1-35-24-14-18(15-25(36-2)28(24)37-3)26-27-21(20-6-4-5-7-22(20)32-27)16-23(33-26)29(34)31-13-12-17-8-10-19(30)11-9-17/h4-11,14-16,32H,12-13H2,1-3H3,(H,31,34). The molecule has 8 heteroatoms. The molecule has 3 aromatic carbocycles. The Labute approximate surface area is 213 Å². The van der Waals surface area contributed by atoms with E-state index in [1.807, 2.05) is 36.4 Å². The number of fused-ring (bicyclic) bond motifs is 3. The minimum absolute atomic E-state index is 0.278. The van der Waals surface area contributed by atoms with Crippen LogP contribution in [0.15, 0.2) is 66.7 Å². The second-order valence-electron chi connectivity index (χ2n) is 8.50. The molecule has 0 aliphatic rings. The molecule has 37 heavy (non-hydrogen) atoms. The van der Waals surface area contributed by atoms with E-state index in [0.29, 0.717) is 41.5 Å². The Bertz CT molecular complexity index is 1570. The van der Waals surface area contributed by atoms with E-state index in [9.17, 15) is 9.18 Å². The van der Waals surface area contributed by atoms with Crippen molar-refractivity contribution in [2.45, 2.75) is 6.42 Å². The van der Waals surface area contributed by atoms with Crippen molar-refractivity contribution < 1.29 is 23.4 Å². The number of hydrogen-bond donors (Lipinski definition) is 2. The molecule has 0 atom stereocenters. The number of hydrogen-bond acceptors (Lipinski definition) is 5. The zero-order valence-electron chi connectivity index (χ0n) is 20.7. The van der Waals surface area contributed by atoms with E-state index in [1.54, 1.807) is 39.5 Å². The zero-order chi connectivity index (χ0) is 25.9. The predicted molar refractivity (Wildman–Crippen MR) is 141 cm³/mol. The molecule has 2 heterocycles. The van der Waals surface area contributed by atoms with Crippen LogP contribution in [0.5, 0.6) is 17.2 Å². The summed E-state index contributed by atoms with van der Waals surface area (Å²) in [6.45, 7) is 0.386. The molecule has 0 spiro atoms. The Balaban J connectivity index is 1.58. The highest BCUT2D eigenvalue weighted by Crippen LogP contribution is 2.42. The zero-order valence-corrected chi connectivity index (χ0v) is 20.7. The van der Waals surface area contributed by atoms with Crippen LogP contribution in [-0.4, -0.2) is 43.7 Å². The van der Waals surface area contributed by atoms with Gasteiger partial charge in [0.05, 0.1) is 32.5 Å². The second-order valence-corrected chi connectivity index (χ2v) is 8.50. The van der Waals surface area contributed by atoms with Gasteiger partial charge in [-0.05, 0) is 48.4 Å². The summed E-state index contributed by atoms with van der Waals surface area (Å²) in [5, 5.41) is 4.79. The highest BCUT2D eigenvalue weighted by atomic mass is 19.1. The number of rotatable bonds is 8. The van der Waals surface area contributed by atoms with Gasteiger partial charge in [-0.1, -0.05) is 30.3 Å². The number of H-pyrrole nitrogens is 1. The van der Waals surface area contributed by atoms with Crippen molar-refractivity contribution in [3.05, 3.63) is 83.8 Å². The Kier molecular flexibility index (Phi) is 6.64. The molecule has 0 aliphatic carbocycles. The molecule has 0 fully saturated rings. The number of carbonyl (C=O) groups excluding carboxylic acids is 1. The fraction of sp³-hybridized carbons (Fsp3) is 0.172. The number of aromatic nitrogens is 2. The highest BCUT2D eigenvalue weighted by molar-refractivity contribution is 6.13. The number of nitrogens with one attached hydrogen (secondary N) is 2. The summed E-state index contributed by atoms with van der Waals surface area (Å²) in [5.41, 5.74) is 4.21. The van der Waals surface area contributed by atoms with E-state index in [1.165, 1.54) is 12.1 Å². The number of methoxy groups -OCH3 is 3. The molecule has 2 N–H and O–H groups in total. The van der Waals surface area contributed by atoms with E-state index < -0.39 is 0 Å². The number of ether oxygens (including phenoxy) is 3. The SMILES string of the molecule is COc1cc(-c2nc(C(=O)NCCc3ccc(F)cc3)cc3c2[nH]c2ccccc23)cc(OC)c1OC. The van der Waals surface area contributed by atoms with Crippen LogP contribution in [0.2, 0.25) is 0 Å². The van der Waals surface area contributed by atoms with Crippen molar-refractivity contribution in [2.75, 3.05) is 27.9 Å². The molecule has 0 saturated heterocycles. The molecule has 0 bridgehead atoms. The molecular weight excluding hydrogens is 473 g/mol. The molecule has 0 radical (unpaired) electrons. The van der Waals surface area contributed by atoms with Crippen LogP contribution in [0.1, 0.15) is 16.1 Å². The van der Waals surface area contributed by atoms with Crippen molar-refractivity contribution >= 4 is 27.7 Å². The molecule has 7 nitrogen and oxygen atoms in total. The van der Waals surface area contributed by atoms with Gasteiger partial charge in [0, 0.05) is 28.4 Å². The number of nitrogens with zero attached hydrogens (tertiary/aromatic N) is 1. The lowest BCUT2D eigenvalue weighted by molar-refractivity contribution is 0.0949. The van der Waals surface area contributed by atoms with Crippen molar-refractivity contribution in [1.29, 1.82) is 0 Å². The maximum absolute atomic E-state index is 13.2. The Hall–Kier alpha value is -4.59. The van der Waals surface area contributed by atoms with Gasteiger partial charge in [0.2, 0.25) is 5.75 Å². The maximum Gasteiger partial charge on any atom is 0.269 e. The first-order valence-electron chi connectivity index (χ1n) is 11.8. The second kappa shape index (κ2) is 10.2. The van der Waals surface area contributed by atoms with Crippen LogP contribution in [0.4, 0.5) is 4.39 Å². The number of amides is 1. The number of aromatic amines is 1. The summed E-state index contributed by atoms with van der Waals surface area (Å²) in [7, 11) is 4.65. The summed E-state index contributed by atoms with van der Waals surface area (Å²) in [6, 6.07) is 19.5. The summed E-state index contributed by atoms with van der Waals surface area (Å²) < 4.78 is 29.7. The first kappa shape index (κ1) is 24.1. The molecule has 5 rings (SSSR count). The maximum atomic E-state index is 13.2. The van der Waals surface area contributed by atoms with E-state index in [2.05, 4.69) is 10.3 Å². The third kappa shape index (κ3) is 4.65. The number of carbonyl (C=O) groups is 1. The van der Waals surface area contributed by atoms with Crippen molar-refractivity contribution in [2.24, 2.45) is 0 Å².